The summed E-state index contributed by atoms with van der Waals surface area (Å²) in [5.74, 6) is -0.238. The van der Waals surface area contributed by atoms with Gasteiger partial charge in [0.1, 0.15) is 5.82 Å². The molecule has 0 aliphatic rings. The summed E-state index contributed by atoms with van der Waals surface area (Å²) in [5, 5.41) is 0. The lowest BCUT2D eigenvalue weighted by Gasteiger charge is -2.07. The van der Waals surface area contributed by atoms with Gasteiger partial charge in [-0.2, -0.15) is 0 Å². The molecule has 0 bridgehead atoms. The van der Waals surface area contributed by atoms with Crippen molar-refractivity contribution in [1.82, 2.24) is 0 Å². The first-order valence-corrected chi connectivity index (χ1v) is 5.05. The molecule has 0 aliphatic carbocycles. The number of nitrogen functional groups attached to an aromatic ring is 1. The Balaban J connectivity index is 2.44. The Morgan fingerprint density at radius 3 is 2.19 bits per heavy atom. The minimum atomic E-state index is -0.238. The van der Waals surface area contributed by atoms with Gasteiger partial charge in [0.05, 0.1) is 0 Å². The highest BCUT2D eigenvalue weighted by molar-refractivity contribution is 5.67. The molecule has 0 aliphatic heterocycles. The molecular formula is C13H13FN2. The SMILES string of the molecule is NCc1cc(-c2ccc(F)cc2)ccc1N. The van der Waals surface area contributed by atoms with E-state index in [2.05, 4.69) is 0 Å². The predicted molar refractivity (Wildman–Crippen MR) is 64.1 cm³/mol. The standard InChI is InChI=1S/C13H13FN2/c14-12-4-1-9(2-5-12)10-3-6-13(16)11(7-10)8-15/h1-7H,8,15-16H2. The van der Waals surface area contributed by atoms with Crippen molar-refractivity contribution >= 4 is 5.69 Å². The smallest absolute Gasteiger partial charge is 0.123 e. The second kappa shape index (κ2) is 4.33. The highest BCUT2D eigenvalue weighted by Gasteiger charge is 2.02. The third-order valence-electron chi connectivity index (χ3n) is 2.54. The van der Waals surface area contributed by atoms with Crippen LogP contribution >= 0.6 is 0 Å². The second-order valence-corrected chi connectivity index (χ2v) is 3.62. The second-order valence-electron chi connectivity index (χ2n) is 3.62. The van der Waals surface area contributed by atoms with Crippen LogP contribution < -0.4 is 11.5 Å². The van der Waals surface area contributed by atoms with Crippen LogP contribution in [-0.2, 0) is 6.54 Å². The van der Waals surface area contributed by atoms with Gasteiger partial charge >= 0.3 is 0 Å². The molecule has 2 nitrogen and oxygen atoms in total. The summed E-state index contributed by atoms with van der Waals surface area (Å²) in [4.78, 5) is 0. The van der Waals surface area contributed by atoms with Crippen molar-refractivity contribution in [3.63, 3.8) is 0 Å². The van der Waals surface area contributed by atoms with Crippen LogP contribution in [0.15, 0.2) is 42.5 Å². The zero-order chi connectivity index (χ0) is 11.5. The van der Waals surface area contributed by atoms with Crippen molar-refractivity contribution in [2.24, 2.45) is 5.73 Å². The third kappa shape index (κ3) is 2.04. The summed E-state index contributed by atoms with van der Waals surface area (Å²) < 4.78 is 12.8. The van der Waals surface area contributed by atoms with Crippen molar-refractivity contribution in [3.8, 4) is 11.1 Å². The van der Waals surface area contributed by atoms with E-state index in [9.17, 15) is 4.39 Å². The average molecular weight is 216 g/mol. The molecule has 0 atom stereocenters. The maximum absolute atomic E-state index is 12.8. The fourth-order valence-corrected chi connectivity index (χ4v) is 1.60. The fraction of sp³-hybridized carbons (Fsp3) is 0.0769. The summed E-state index contributed by atoms with van der Waals surface area (Å²) in [7, 11) is 0. The molecule has 0 saturated carbocycles. The van der Waals surface area contributed by atoms with Crippen molar-refractivity contribution in [1.29, 1.82) is 0 Å². The van der Waals surface area contributed by atoms with E-state index in [1.807, 2.05) is 18.2 Å². The van der Waals surface area contributed by atoms with Gasteiger partial charge in [-0.25, -0.2) is 4.39 Å². The van der Waals surface area contributed by atoms with Crippen molar-refractivity contribution in [3.05, 3.63) is 53.8 Å². The molecule has 2 rings (SSSR count). The van der Waals surface area contributed by atoms with E-state index in [-0.39, 0.29) is 5.82 Å². The number of hydrogen-bond donors (Lipinski definition) is 2. The molecule has 0 fully saturated rings. The van der Waals surface area contributed by atoms with Crippen LogP contribution in [0.2, 0.25) is 0 Å². The van der Waals surface area contributed by atoms with Crippen LogP contribution in [0.4, 0.5) is 10.1 Å². The lowest BCUT2D eigenvalue weighted by Crippen LogP contribution is -2.01. The van der Waals surface area contributed by atoms with Crippen LogP contribution in [0.5, 0.6) is 0 Å². The monoisotopic (exact) mass is 216 g/mol. The van der Waals surface area contributed by atoms with Gasteiger partial charge in [0.2, 0.25) is 0 Å². The summed E-state index contributed by atoms with van der Waals surface area (Å²) in [5.41, 5.74) is 14.9. The molecule has 0 spiro atoms. The molecule has 16 heavy (non-hydrogen) atoms. The number of benzene rings is 2. The van der Waals surface area contributed by atoms with E-state index < -0.39 is 0 Å². The molecule has 0 heterocycles. The first-order chi connectivity index (χ1) is 7.70. The molecule has 3 heteroatoms. The van der Waals surface area contributed by atoms with Crippen LogP contribution in [0.1, 0.15) is 5.56 Å². The van der Waals surface area contributed by atoms with Gasteiger partial charge in [-0.15, -0.1) is 0 Å². The molecule has 0 unspecified atom stereocenters. The Labute approximate surface area is 93.7 Å². The lowest BCUT2D eigenvalue weighted by molar-refractivity contribution is 0.628. The zero-order valence-electron chi connectivity index (χ0n) is 8.78. The van der Waals surface area contributed by atoms with Crippen LogP contribution in [-0.4, -0.2) is 0 Å². The van der Waals surface area contributed by atoms with E-state index in [4.69, 9.17) is 11.5 Å². The Bertz CT molecular complexity index is 492. The Morgan fingerprint density at radius 2 is 1.56 bits per heavy atom. The molecule has 0 saturated heterocycles. The quantitative estimate of drug-likeness (QED) is 0.758. The highest BCUT2D eigenvalue weighted by atomic mass is 19.1. The first kappa shape index (κ1) is 10.6. The normalized spacial score (nSPS) is 10.4. The maximum atomic E-state index is 12.8. The number of halogens is 1. The molecule has 82 valence electrons. The Hall–Kier alpha value is -1.87. The van der Waals surface area contributed by atoms with Crippen LogP contribution in [0, 0.1) is 5.82 Å². The lowest BCUT2D eigenvalue weighted by atomic mass is 10.0. The summed E-state index contributed by atoms with van der Waals surface area (Å²) in [6.07, 6.45) is 0. The van der Waals surface area contributed by atoms with E-state index in [1.54, 1.807) is 12.1 Å². The van der Waals surface area contributed by atoms with Gasteiger partial charge < -0.3 is 11.5 Å². The number of anilines is 1. The summed E-state index contributed by atoms with van der Waals surface area (Å²) >= 11 is 0. The summed E-state index contributed by atoms with van der Waals surface area (Å²) in [6, 6.07) is 12.0. The van der Waals surface area contributed by atoms with Gasteiger partial charge in [-0.05, 0) is 41.0 Å². The third-order valence-corrected chi connectivity index (χ3v) is 2.54. The Morgan fingerprint density at radius 1 is 0.938 bits per heavy atom. The highest BCUT2D eigenvalue weighted by Crippen LogP contribution is 2.23. The number of hydrogen-bond acceptors (Lipinski definition) is 2. The molecule has 0 amide bonds. The fourth-order valence-electron chi connectivity index (χ4n) is 1.60. The predicted octanol–water partition coefficient (Wildman–Crippen LogP) is 2.53. The number of rotatable bonds is 2. The number of nitrogens with two attached hydrogens (primary N) is 2. The minimum absolute atomic E-state index is 0.238. The van der Waals surface area contributed by atoms with Crippen molar-refractivity contribution in [2.45, 2.75) is 6.54 Å². The van der Waals surface area contributed by atoms with Gasteiger partial charge in [0.25, 0.3) is 0 Å². The molecule has 2 aromatic carbocycles. The Kier molecular flexibility index (Phi) is 2.88. The van der Waals surface area contributed by atoms with E-state index in [0.29, 0.717) is 12.2 Å². The van der Waals surface area contributed by atoms with Crippen LogP contribution in [0.3, 0.4) is 0 Å². The van der Waals surface area contributed by atoms with Crippen LogP contribution in [0.25, 0.3) is 11.1 Å². The minimum Gasteiger partial charge on any atom is -0.398 e. The molecular weight excluding hydrogens is 203 g/mol. The largest absolute Gasteiger partial charge is 0.398 e. The molecule has 0 radical (unpaired) electrons. The molecule has 4 N–H and O–H groups in total. The molecule has 2 aromatic rings. The van der Waals surface area contributed by atoms with E-state index >= 15 is 0 Å². The van der Waals surface area contributed by atoms with Crippen molar-refractivity contribution in [2.75, 3.05) is 5.73 Å². The van der Waals surface area contributed by atoms with Gasteiger partial charge in [0.15, 0.2) is 0 Å². The maximum Gasteiger partial charge on any atom is 0.123 e. The van der Waals surface area contributed by atoms with E-state index in [0.717, 1.165) is 16.7 Å². The van der Waals surface area contributed by atoms with Gasteiger partial charge in [-0.1, -0.05) is 18.2 Å². The average Bonchev–Trinajstić information content (AvgIpc) is 2.31. The van der Waals surface area contributed by atoms with E-state index in [1.165, 1.54) is 12.1 Å². The zero-order valence-corrected chi connectivity index (χ0v) is 8.78. The van der Waals surface area contributed by atoms with Gasteiger partial charge in [0, 0.05) is 12.2 Å². The first-order valence-electron chi connectivity index (χ1n) is 5.05. The molecule has 0 aromatic heterocycles. The van der Waals surface area contributed by atoms with Gasteiger partial charge in [-0.3, -0.25) is 0 Å². The van der Waals surface area contributed by atoms with Crippen molar-refractivity contribution < 1.29 is 4.39 Å². The summed E-state index contributed by atoms with van der Waals surface area (Å²) in [6.45, 7) is 0.404. The topological polar surface area (TPSA) is 52.0 Å².